The maximum absolute atomic E-state index is 13.0. The van der Waals surface area contributed by atoms with Gasteiger partial charge in [-0.05, 0) is 74.4 Å². The van der Waals surface area contributed by atoms with Gasteiger partial charge in [0.1, 0.15) is 0 Å². The first kappa shape index (κ1) is 21.0. The summed E-state index contributed by atoms with van der Waals surface area (Å²) in [5.74, 6) is -0.0183. The van der Waals surface area contributed by atoms with E-state index in [0.29, 0.717) is 0 Å². The van der Waals surface area contributed by atoms with Crippen molar-refractivity contribution >= 4 is 17.3 Å². The maximum atomic E-state index is 13.0. The van der Waals surface area contributed by atoms with E-state index in [9.17, 15) is 4.79 Å². The van der Waals surface area contributed by atoms with E-state index in [-0.39, 0.29) is 16.9 Å². The standard InChI is InChI=1S/C25H33N3O/c1-24(2,3)28-15-14-25(4,5)22(17-28)23(29)27-21-12-8-19(9-13-21)16-18-6-10-20(26)11-7-18/h6-13,17H,14-16,26H2,1-5H3,(H,27,29). The van der Waals surface area contributed by atoms with Gasteiger partial charge in [0.15, 0.2) is 0 Å². The van der Waals surface area contributed by atoms with Crippen LogP contribution < -0.4 is 11.1 Å². The second kappa shape index (κ2) is 7.94. The van der Waals surface area contributed by atoms with Crippen LogP contribution in [0.25, 0.3) is 0 Å². The van der Waals surface area contributed by atoms with E-state index in [0.717, 1.165) is 36.3 Å². The lowest BCUT2D eigenvalue weighted by Crippen LogP contribution is -2.44. The van der Waals surface area contributed by atoms with Crippen molar-refractivity contribution in [2.45, 2.75) is 53.0 Å². The molecule has 0 unspecified atom stereocenters. The molecule has 0 saturated heterocycles. The van der Waals surface area contributed by atoms with Crippen molar-refractivity contribution in [2.24, 2.45) is 5.41 Å². The summed E-state index contributed by atoms with van der Waals surface area (Å²) >= 11 is 0. The van der Waals surface area contributed by atoms with Gasteiger partial charge >= 0.3 is 0 Å². The lowest BCUT2D eigenvalue weighted by Gasteiger charge is -2.43. The lowest BCUT2D eigenvalue weighted by molar-refractivity contribution is -0.114. The zero-order valence-electron chi connectivity index (χ0n) is 18.3. The summed E-state index contributed by atoms with van der Waals surface area (Å²) in [7, 11) is 0. The number of carbonyl (C=O) groups is 1. The van der Waals surface area contributed by atoms with E-state index >= 15 is 0 Å². The lowest BCUT2D eigenvalue weighted by atomic mass is 9.78. The average Bonchev–Trinajstić information content (AvgIpc) is 2.64. The van der Waals surface area contributed by atoms with E-state index < -0.39 is 0 Å². The summed E-state index contributed by atoms with van der Waals surface area (Å²) in [6.45, 7) is 11.8. The molecule has 1 amide bonds. The first-order valence-electron chi connectivity index (χ1n) is 10.3. The molecule has 3 rings (SSSR count). The van der Waals surface area contributed by atoms with Gasteiger partial charge < -0.3 is 16.0 Å². The van der Waals surface area contributed by atoms with E-state index in [1.165, 1.54) is 11.1 Å². The Kier molecular flexibility index (Phi) is 5.74. The monoisotopic (exact) mass is 391 g/mol. The third-order valence-corrected chi connectivity index (χ3v) is 5.70. The van der Waals surface area contributed by atoms with Crippen LogP contribution in [0.3, 0.4) is 0 Å². The van der Waals surface area contributed by atoms with Crippen LogP contribution in [0.2, 0.25) is 0 Å². The molecule has 2 aromatic carbocycles. The van der Waals surface area contributed by atoms with Gasteiger partial charge in [-0.3, -0.25) is 4.79 Å². The Labute approximate surface area is 174 Å². The second-order valence-corrected chi connectivity index (χ2v) is 9.61. The smallest absolute Gasteiger partial charge is 0.253 e. The number of nitrogens with two attached hydrogens (primary N) is 1. The highest BCUT2D eigenvalue weighted by Gasteiger charge is 2.35. The SMILES string of the molecule is CC1(C)CCN(C(C)(C)C)C=C1C(=O)Nc1ccc(Cc2ccc(N)cc2)cc1. The quantitative estimate of drug-likeness (QED) is 0.703. The fraction of sp³-hybridized carbons (Fsp3) is 0.400. The molecule has 0 aliphatic carbocycles. The maximum Gasteiger partial charge on any atom is 0.253 e. The predicted octanol–water partition coefficient (Wildman–Crippen LogP) is 5.21. The minimum atomic E-state index is -0.138. The molecular formula is C25H33N3O. The zero-order valence-corrected chi connectivity index (χ0v) is 18.3. The van der Waals surface area contributed by atoms with Gasteiger partial charge in [0.2, 0.25) is 0 Å². The minimum Gasteiger partial charge on any atom is -0.399 e. The largest absolute Gasteiger partial charge is 0.399 e. The number of nitrogens with one attached hydrogen (secondary N) is 1. The number of benzene rings is 2. The molecule has 0 atom stereocenters. The number of hydrogen-bond donors (Lipinski definition) is 2. The molecule has 1 heterocycles. The number of nitrogen functional groups attached to an aromatic ring is 1. The topological polar surface area (TPSA) is 58.4 Å². The molecule has 0 spiro atoms. The number of nitrogens with zero attached hydrogens (tertiary/aromatic N) is 1. The molecule has 2 aromatic rings. The summed E-state index contributed by atoms with van der Waals surface area (Å²) in [6, 6.07) is 16.0. The molecular weight excluding hydrogens is 358 g/mol. The van der Waals surface area contributed by atoms with Crippen LogP contribution in [0.5, 0.6) is 0 Å². The van der Waals surface area contributed by atoms with Gasteiger partial charge in [-0.2, -0.15) is 0 Å². The molecule has 0 aromatic heterocycles. The average molecular weight is 392 g/mol. The normalized spacial score (nSPS) is 16.3. The van der Waals surface area contributed by atoms with Crippen LogP contribution in [0, 0.1) is 5.41 Å². The van der Waals surface area contributed by atoms with Crippen LogP contribution >= 0.6 is 0 Å². The Balaban J connectivity index is 1.71. The summed E-state index contributed by atoms with van der Waals surface area (Å²) in [5.41, 5.74) is 10.5. The van der Waals surface area contributed by atoms with Gasteiger partial charge in [-0.15, -0.1) is 0 Å². The molecule has 1 aliphatic heterocycles. The Morgan fingerprint density at radius 3 is 2.14 bits per heavy atom. The highest BCUT2D eigenvalue weighted by atomic mass is 16.1. The highest BCUT2D eigenvalue weighted by molar-refractivity contribution is 6.04. The van der Waals surface area contributed by atoms with Crippen LogP contribution in [0.15, 0.2) is 60.3 Å². The van der Waals surface area contributed by atoms with Crippen LogP contribution in [-0.4, -0.2) is 22.9 Å². The second-order valence-electron chi connectivity index (χ2n) is 9.61. The zero-order chi connectivity index (χ0) is 21.2. The van der Waals surface area contributed by atoms with Crippen LogP contribution in [-0.2, 0) is 11.2 Å². The van der Waals surface area contributed by atoms with E-state index in [1.54, 1.807) is 0 Å². The van der Waals surface area contributed by atoms with Gasteiger partial charge in [0, 0.05) is 35.2 Å². The Hall–Kier alpha value is -2.75. The van der Waals surface area contributed by atoms with E-state index in [4.69, 9.17) is 5.73 Å². The Morgan fingerprint density at radius 1 is 1.03 bits per heavy atom. The molecule has 4 heteroatoms. The third kappa shape index (κ3) is 5.20. The van der Waals surface area contributed by atoms with Gasteiger partial charge in [0.05, 0.1) is 0 Å². The number of anilines is 2. The van der Waals surface area contributed by atoms with Gasteiger partial charge in [0.25, 0.3) is 5.91 Å². The van der Waals surface area contributed by atoms with Crippen LogP contribution in [0.1, 0.15) is 52.2 Å². The Morgan fingerprint density at radius 2 is 1.59 bits per heavy atom. The fourth-order valence-electron chi connectivity index (χ4n) is 3.60. The van der Waals surface area contributed by atoms with Gasteiger partial charge in [-0.25, -0.2) is 0 Å². The molecule has 0 bridgehead atoms. The summed E-state index contributed by atoms with van der Waals surface area (Å²) in [5, 5.41) is 3.09. The Bertz CT molecular complexity index is 887. The minimum absolute atomic E-state index is 0.00574. The molecule has 3 N–H and O–H groups in total. The number of carbonyl (C=O) groups excluding carboxylic acids is 1. The molecule has 29 heavy (non-hydrogen) atoms. The van der Waals surface area contributed by atoms with Crippen molar-refractivity contribution in [3.8, 4) is 0 Å². The summed E-state index contributed by atoms with van der Waals surface area (Å²) in [6.07, 6.45) is 3.85. The van der Waals surface area contributed by atoms with E-state index in [2.05, 4.69) is 57.0 Å². The van der Waals surface area contributed by atoms with Gasteiger partial charge in [-0.1, -0.05) is 38.1 Å². The van der Waals surface area contributed by atoms with Crippen molar-refractivity contribution in [1.82, 2.24) is 4.90 Å². The predicted molar refractivity (Wildman–Crippen MR) is 122 cm³/mol. The van der Waals surface area contributed by atoms with Crippen molar-refractivity contribution in [3.05, 3.63) is 71.4 Å². The van der Waals surface area contributed by atoms with E-state index in [1.807, 2.05) is 42.6 Å². The molecule has 0 radical (unpaired) electrons. The van der Waals surface area contributed by atoms with Crippen LogP contribution in [0.4, 0.5) is 11.4 Å². The molecule has 0 fully saturated rings. The molecule has 1 aliphatic rings. The van der Waals surface area contributed by atoms with Crippen molar-refractivity contribution < 1.29 is 4.79 Å². The molecule has 4 nitrogen and oxygen atoms in total. The van der Waals surface area contributed by atoms with Crippen molar-refractivity contribution in [2.75, 3.05) is 17.6 Å². The summed E-state index contributed by atoms with van der Waals surface area (Å²) in [4.78, 5) is 15.3. The number of rotatable bonds is 4. The highest BCUT2D eigenvalue weighted by Crippen LogP contribution is 2.37. The number of hydrogen-bond acceptors (Lipinski definition) is 3. The summed E-state index contributed by atoms with van der Waals surface area (Å²) < 4.78 is 0. The first-order valence-corrected chi connectivity index (χ1v) is 10.3. The molecule has 0 saturated carbocycles. The van der Waals surface area contributed by atoms with Crippen molar-refractivity contribution in [3.63, 3.8) is 0 Å². The number of amides is 1. The fourth-order valence-corrected chi connectivity index (χ4v) is 3.60. The van der Waals surface area contributed by atoms with Crippen molar-refractivity contribution in [1.29, 1.82) is 0 Å². The first-order chi connectivity index (χ1) is 13.5. The third-order valence-electron chi connectivity index (χ3n) is 5.70. The molecule has 154 valence electrons.